The first kappa shape index (κ1) is 32.5. The summed E-state index contributed by atoms with van der Waals surface area (Å²) in [6, 6.07) is 18.4. The summed E-state index contributed by atoms with van der Waals surface area (Å²) >= 11 is 0. The molecule has 3 rings (SSSR count). The highest BCUT2D eigenvalue weighted by molar-refractivity contribution is 5.94. The first-order chi connectivity index (χ1) is 19.5. The normalized spacial score (nSPS) is 11.0. The standard InChI is InChI=1S/C25H28N2O5.C4H11N5/c1-3-23-26-21(19-8-6-5-7-9-19)17-24(28)27(23)14-15-32-20-12-10-18(11-13-20)16-22(25(29)30)31-4-2;1-9(2)4(7)8-3(5)6/h5-13,17,22H,3-4,14-16H2,1-2H3,(H,29,30);1-2H3,(H5,5,6,7,8). The molecular formula is C29H39N7O5. The van der Waals surface area contributed by atoms with Crippen molar-refractivity contribution in [3.63, 3.8) is 0 Å². The van der Waals surface area contributed by atoms with Crippen LogP contribution in [-0.2, 0) is 28.9 Å². The number of ether oxygens (including phenoxy) is 2. The molecule has 1 heterocycles. The summed E-state index contributed by atoms with van der Waals surface area (Å²) in [6.45, 7) is 4.79. The Bertz CT molecular complexity index is 1340. The van der Waals surface area contributed by atoms with Crippen molar-refractivity contribution in [3.8, 4) is 17.0 Å². The largest absolute Gasteiger partial charge is 0.492 e. The minimum absolute atomic E-state index is 0.106. The van der Waals surface area contributed by atoms with Crippen LogP contribution in [0.25, 0.3) is 11.3 Å². The van der Waals surface area contributed by atoms with Gasteiger partial charge < -0.3 is 25.2 Å². The fourth-order valence-corrected chi connectivity index (χ4v) is 3.67. The number of aryl methyl sites for hydroxylation is 1. The van der Waals surface area contributed by atoms with Crippen molar-refractivity contribution in [1.29, 1.82) is 10.8 Å². The maximum absolute atomic E-state index is 12.7. The van der Waals surface area contributed by atoms with E-state index < -0.39 is 12.1 Å². The quantitative estimate of drug-likeness (QED) is 0.172. The molecule has 220 valence electrons. The van der Waals surface area contributed by atoms with Gasteiger partial charge in [-0.25, -0.2) is 9.78 Å². The number of hydrogen-bond acceptors (Lipinski definition) is 7. The topological polar surface area (TPSA) is 180 Å². The van der Waals surface area contributed by atoms with Crippen molar-refractivity contribution in [2.24, 2.45) is 5.73 Å². The number of carboxylic acid groups (broad SMARTS) is 1. The van der Waals surface area contributed by atoms with Gasteiger partial charge in [0.15, 0.2) is 18.0 Å². The lowest BCUT2D eigenvalue weighted by Crippen LogP contribution is -2.42. The Kier molecular flexibility index (Phi) is 13.0. The molecule has 12 heteroatoms. The van der Waals surface area contributed by atoms with Crippen LogP contribution in [0.15, 0.2) is 65.5 Å². The summed E-state index contributed by atoms with van der Waals surface area (Å²) in [5.74, 6) is 0.287. The number of benzene rings is 2. The predicted octanol–water partition coefficient (Wildman–Crippen LogP) is 2.55. The van der Waals surface area contributed by atoms with Crippen LogP contribution in [-0.4, -0.2) is 70.9 Å². The van der Waals surface area contributed by atoms with Crippen molar-refractivity contribution in [1.82, 2.24) is 19.8 Å². The fourth-order valence-electron chi connectivity index (χ4n) is 3.67. The molecule has 0 aliphatic carbocycles. The molecule has 1 atom stereocenters. The van der Waals surface area contributed by atoms with Crippen molar-refractivity contribution in [2.45, 2.75) is 39.3 Å². The van der Waals surface area contributed by atoms with E-state index >= 15 is 0 Å². The Labute approximate surface area is 239 Å². The molecule has 1 unspecified atom stereocenters. The number of aliphatic carboxylic acids is 1. The molecule has 0 spiro atoms. The lowest BCUT2D eigenvalue weighted by Gasteiger charge is -2.14. The first-order valence-corrected chi connectivity index (χ1v) is 13.1. The number of nitrogens with zero attached hydrogens (tertiary/aromatic N) is 3. The van der Waals surface area contributed by atoms with Crippen LogP contribution in [0, 0.1) is 10.8 Å². The molecule has 0 bridgehead atoms. The van der Waals surface area contributed by atoms with E-state index in [2.05, 4.69) is 10.3 Å². The minimum Gasteiger partial charge on any atom is -0.492 e. The van der Waals surface area contributed by atoms with Crippen LogP contribution in [0.2, 0.25) is 0 Å². The van der Waals surface area contributed by atoms with E-state index in [0.717, 1.165) is 11.1 Å². The van der Waals surface area contributed by atoms with E-state index in [-0.39, 0.29) is 23.9 Å². The monoisotopic (exact) mass is 565 g/mol. The Balaban J connectivity index is 0.000000564. The summed E-state index contributed by atoms with van der Waals surface area (Å²) in [5.41, 5.74) is 7.27. The molecule has 0 saturated heterocycles. The maximum atomic E-state index is 12.7. The summed E-state index contributed by atoms with van der Waals surface area (Å²) < 4.78 is 12.7. The van der Waals surface area contributed by atoms with Crippen LogP contribution in [0.5, 0.6) is 5.75 Å². The smallest absolute Gasteiger partial charge is 0.333 e. The molecule has 1 aromatic heterocycles. The molecule has 0 radical (unpaired) electrons. The van der Waals surface area contributed by atoms with Gasteiger partial charge >= 0.3 is 5.97 Å². The van der Waals surface area contributed by atoms with Crippen LogP contribution in [0.3, 0.4) is 0 Å². The number of carbonyl (C=O) groups is 1. The summed E-state index contributed by atoms with van der Waals surface area (Å²) in [7, 11) is 3.39. The SMILES string of the molecule is CCOC(Cc1ccc(OCCn2c(CC)nc(-c3ccccc3)cc2=O)cc1)C(=O)O.CN(C)C(=N)NC(=N)N. The molecule has 2 aromatic carbocycles. The Morgan fingerprint density at radius 3 is 2.29 bits per heavy atom. The van der Waals surface area contributed by atoms with Crippen LogP contribution in [0.4, 0.5) is 0 Å². The van der Waals surface area contributed by atoms with Crippen LogP contribution in [0.1, 0.15) is 25.2 Å². The number of hydrogen-bond donors (Lipinski definition) is 5. The van der Waals surface area contributed by atoms with E-state index in [0.29, 0.717) is 43.4 Å². The molecule has 0 aliphatic heterocycles. The number of nitrogens with one attached hydrogen (secondary N) is 3. The zero-order valence-electron chi connectivity index (χ0n) is 23.9. The highest BCUT2D eigenvalue weighted by Crippen LogP contribution is 2.16. The van der Waals surface area contributed by atoms with Crippen LogP contribution < -0.4 is 21.3 Å². The van der Waals surface area contributed by atoms with Gasteiger partial charge in [0, 0.05) is 45.2 Å². The number of aromatic nitrogens is 2. The van der Waals surface area contributed by atoms with E-state index in [9.17, 15) is 14.7 Å². The molecule has 0 saturated carbocycles. The van der Waals surface area contributed by atoms with Crippen molar-refractivity contribution < 1.29 is 19.4 Å². The van der Waals surface area contributed by atoms with Gasteiger partial charge in [0.05, 0.1) is 12.2 Å². The zero-order valence-corrected chi connectivity index (χ0v) is 23.9. The van der Waals surface area contributed by atoms with Crippen LogP contribution >= 0.6 is 0 Å². The van der Waals surface area contributed by atoms with Gasteiger partial charge in [0.1, 0.15) is 18.2 Å². The van der Waals surface area contributed by atoms with Gasteiger partial charge in [-0.2, -0.15) is 0 Å². The number of nitrogens with two attached hydrogens (primary N) is 1. The van der Waals surface area contributed by atoms with Crippen molar-refractivity contribution in [3.05, 3.63) is 82.4 Å². The maximum Gasteiger partial charge on any atom is 0.333 e. The molecule has 0 amide bonds. The second-order valence-electron chi connectivity index (χ2n) is 9.03. The predicted molar refractivity (Wildman–Crippen MR) is 158 cm³/mol. The third-order valence-electron chi connectivity index (χ3n) is 5.74. The van der Waals surface area contributed by atoms with E-state index in [1.54, 1.807) is 43.8 Å². The second-order valence-corrected chi connectivity index (χ2v) is 9.03. The Hall–Kier alpha value is -4.71. The number of carboxylic acids is 1. The molecule has 3 aromatic rings. The molecule has 41 heavy (non-hydrogen) atoms. The Morgan fingerprint density at radius 1 is 1.12 bits per heavy atom. The number of rotatable bonds is 11. The molecule has 0 fully saturated rings. The molecule has 12 nitrogen and oxygen atoms in total. The third kappa shape index (κ3) is 10.8. The zero-order chi connectivity index (χ0) is 30.4. The second kappa shape index (κ2) is 16.4. The first-order valence-electron chi connectivity index (χ1n) is 13.1. The summed E-state index contributed by atoms with van der Waals surface area (Å²) in [6.07, 6.45) is 0.0605. The van der Waals surface area contributed by atoms with E-state index in [1.165, 1.54) is 4.90 Å². The number of guanidine groups is 2. The lowest BCUT2D eigenvalue weighted by molar-refractivity contribution is -0.149. The molecule has 0 aliphatic rings. The van der Waals surface area contributed by atoms with Gasteiger partial charge in [0.25, 0.3) is 5.56 Å². The van der Waals surface area contributed by atoms with E-state index in [4.69, 9.17) is 26.0 Å². The lowest BCUT2D eigenvalue weighted by atomic mass is 10.1. The average molecular weight is 566 g/mol. The van der Waals surface area contributed by atoms with Gasteiger partial charge in [0.2, 0.25) is 0 Å². The van der Waals surface area contributed by atoms with Crippen molar-refractivity contribution in [2.75, 3.05) is 27.3 Å². The van der Waals surface area contributed by atoms with E-state index in [1.807, 2.05) is 49.4 Å². The molecule has 6 N–H and O–H groups in total. The van der Waals surface area contributed by atoms with Gasteiger partial charge in [-0.3, -0.25) is 25.5 Å². The van der Waals surface area contributed by atoms with Gasteiger partial charge in [-0.1, -0.05) is 49.4 Å². The van der Waals surface area contributed by atoms with Gasteiger partial charge in [-0.15, -0.1) is 0 Å². The minimum atomic E-state index is -0.976. The third-order valence-corrected chi connectivity index (χ3v) is 5.74. The highest BCUT2D eigenvalue weighted by Gasteiger charge is 2.18. The molecular weight excluding hydrogens is 526 g/mol. The fraction of sp³-hybridized carbons (Fsp3) is 0.345. The van der Waals surface area contributed by atoms with Crippen molar-refractivity contribution >= 4 is 17.9 Å². The van der Waals surface area contributed by atoms with Gasteiger partial charge in [-0.05, 0) is 24.6 Å². The average Bonchev–Trinajstić information content (AvgIpc) is 2.94. The highest BCUT2D eigenvalue weighted by atomic mass is 16.5. The summed E-state index contributed by atoms with van der Waals surface area (Å²) in [4.78, 5) is 30.1. The summed E-state index contributed by atoms with van der Waals surface area (Å²) in [5, 5.41) is 25.3. The Morgan fingerprint density at radius 2 is 1.78 bits per heavy atom.